The summed E-state index contributed by atoms with van der Waals surface area (Å²) in [4.78, 5) is 0. The zero-order chi connectivity index (χ0) is 11.3. The van der Waals surface area contributed by atoms with Crippen molar-refractivity contribution in [1.82, 2.24) is 5.32 Å². The number of nitrogens with one attached hydrogen (secondary N) is 1. The van der Waals surface area contributed by atoms with Gasteiger partial charge in [0.05, 0.1) is 11.9 Å². The van der Waals surface area contributed by atoms with E-state index in [1.165, 1.54) is 6.26 Å². The van der Waals surface area contributed by atoms with Gasteiger partial charge in [-0.3, -0.25) is 0 Å². The van der Waals surface area contributed by atoms with Gasteiger partial charge < -0.3 is 10.1 Å². The van der Waals surface area contributed by atoms with Crippen LogP contribution in [0.1, 0.15) is 25.7 Å². The van der Waals surface area contributed by atoms with Crippen LogP contribution in [0.3, 0.4) is 0 Å². The fourth-order valence-corrected chi connectivity index (χ4v) is 2.44. The molecule has 0 aromatic carbocycles. The number of methoxy groups -OCH3 is 1. The first-order valence-electron chi connectivity index (χ1n) is 5.45. The van der Waals surface area contributed by atoms with E-state index in [2.05, 4.69) is 5.32 Å². The summed E-state index contributed by atoms with van der Waals surface area (Å²) in [6, 6.07) is 0.471. The van der Waals surface area contributed by atoms with Crippen LogP contribution in [0.25, 0.3) is 0 Å². The SMILES string of the molecule is COC1CCC(NCCS(C)(=O)=O)CC1. The van der Waals surface area contributed by atoms with E-state index < -0.39 is 9.84 Å². The Bertz CT molecular complexity index is 268. The second-order valence-corrected chi connectivity index (χ2v) is 6.55. The highest BCUT2D eigenvalue weighted by molar-refractivity contribution is 7.90. The number of ether oxygens (including phenoxy) is 1. The van der Waals surface area contributed by atoms with Gasteiger partial charge in [0.25, 0.3) is 0 Å². The Morgan fingerprint density at radius 1 is 1.27 bits per heavy atom. The predicted octanol–water partition coefficient (Wildman–Crippen LogP) is 0.578. The summed E-state index contributed by atoms with van der Waals surface area (Å²) < 4.78 is 27.1. The molecule has 1 rings (SSSR count). The van der Waals surface area contributed by atoms with E-state index >= 15 is 0 Å². The molecule has 0 aliphatic heterocycles. The molecule has 0 amide bonds. The lowest BCUT2D eigenvalue weighted by Crippen LogP contribution is -2.37. The molecule has 1 aliphatic rings. The van der Waals surface area contributed by atoms with Gasteiger partial charge >= 0.3 is 0 Å². The second kappa shape index (κ2) is 5.82. The average molecular weight is 235 g/mol. The molecule has 0 unspecified atom stereocenters. The number of hydrogen-bond donors (Lipinski definition) is 1. The zero-order valence-corrected chi connectivity index (χ0v) is 10.3. The molecular formula is C10H21NO3S. The maximum atomic E-state index is 10.9. The maximum Gasteiger partial charge on any atom is 0.148 e. The Hall–Kier alpha value is -0.130. The quantitative estimate of drug-likeness (QED) is 0.757. The highest BCUT2D eigenvalue weighted by Crippen LogP contribution is 2.20. The topological polar surface area (TPSA) is 55.4 Å². The van der Waals surface area contributed by atoms with Gasteiger partial charge in [0.1, 0.15) is 9.84 Å². The molecule has 0 bridgehead atoms. The lowest BCUT2D eigenvalue weighted by Gasteiger charge is -2.28. The van der Waals surface area contributed by atoms with Crippen LogP contribution in [0, 0.1) is 0 Å². The Balaban J connectivity index is 2.14. The molecule has 0 aromatic heterocycles. The summed E-state index contributed by atoms with van der Waals surface area (Å²) >= 11 is 0. The fourth-order valence-electron chi connectivity index (χ4n) is 1.95. The highest BCUT2D eigenvalue weighted by Gasteiger charge is 2.20. The lowest BCUT2D eigenvalue weighted by atomic mass is 9.93. The molecule has 90 valence electrons. The van der Waals surface area contributed by atoms with E-state index in [1.54, 1.807) is 7.11 Å². The van der Waals surface area contributed by atoms with Gasteiger partial charge in [0.15, 0.2) is 0 Å². The van der Waals surface area contributed by atoms with Crippen molar-refractivity contribution in [2.24, 2.45) is 0 Å². The highest BCUT2D eigenvalue weighted by atomic mass is 32.2. The summed E-state index contributed by atoms with van der Waals surface area (Å²) in [6.07, 6.45) is 6.00. The summed E-state index contributed by atoms with van der Waals surface area (Å²) in [5.41, 5.74) is 0. The van der Waals surface area contributed by atoms with Gasteiger partial charge in [-0.1, -0.05) is 0 Å². The summed E-state index contributed by atoms with van der Waals surface area (Å²) in [7, 11) is -1.08. The molecule has 0 aromatic rings. The first-order valence-corrected chi connectivity index (χ1v) is 7.51. The van der Waals surface area contributed by atoms with Crippen molar-refractivity contribution in [2.45, 2.75) is 37.8 Å². The van der Waals surface area contributed by atoms with Gasteiger partial charge in [0, 0.05) is 26.0 Å². The maximum absolute atomic E-state index is 10.9. The Morgan fingerprint density at radius 2 is 1.87 bits per heavy atom. The van der Waals surface area contributed by atoms with Crippen molar-refractivity contribution >= 4 is 9.84 Å². The van der Waals surface area contributed by atoms with Crippen LogP contribution >= 0.6 is 0 Å². The van der Waals surface area contributed by atoms with Gasteiger partial charge in [-0.05, 0) is 25.7 Å². The van der Waals surface area contributed by atoms with Crippen molar-refractivity contribution in [3.8, 4) is 0 Å². The van der Waals surface area contributed by atoms with E-state index in [0.717, 1.165) is 25.7 Å². The van der Waals surface area contributed by atoms with Gasteiger partial charge in [-0.2, -0.15) is 0 Å². The van der Waals surface area contributed by atoms with Gasteiger partial charge in [-0.25, -0.2) is 8.42 Å². The van der Waals surface area contributed by atoms with E-state index in [4.69, 9.17) is 4.74 Å². The Morgan fingerprint density at radius 3 is 2.33 bits per heavy atom. The molecular weight excluding hydrogens is 214 g/mol. The normalized spacial score (nSPS) is 27.9. The first-order chi connectivity index (χ1) is 7.01. The van der Waals surface area contributed by atoms with Crippen LogP contribution in [-0.2, 0) is 14.6 Å². The monoisotopic (exact) mass is 235 g/mol. The first kappa shape index (κ1) is 12.9. The molecule has 0 radical (unpaired) electrons. The molecule has 1 saturated carbocycles. The molecule has 5 heteroatoms. The van der Waals surface area contributed by atoms with Crippen LogP contribution in [0.2, 0.25) is 0 Å². The lowest BCUT2D eigenvalue weighted by molar-refractivity contribution is 0.0628. The molecule has 0 spiro atoms. The fraction of sp³-hybridized carbons (Fsp3) is 1.00. The predicted molar refractivity (Wildman–Crippen MR) is 60.8 cm³/mol. The minimum atomic E-state index is -2.83. The van der Waals surface area contributed by atoms with Crippen LogP contribution in [0.4, 0.5) is 0 Å². The largest absolute Gasteiger partial charge is 0.381 e. The molecule has 0 atom stereocenters. The molecule has 1 fully saturated rings. The molecule has 15 heavy (non-hydrogen) atoms. The molecule has 1 aliphatic carbocycles. The van der Waals surface area contributed by atoms with E-state index in [-0.39, 0.29) is 5.75 Å². The smallest absolute Gasteiger partial charge is 0.148 e. The summed E-state index contributed by atoms with van der Waals surface area (Å²) in [6.45, 7) is 0.571. The second-order valence-electron chi connectivity index (χ2n) is 4.29. The molecule has 0 saturated heterocycles. The van der Waals surface area contributed by atoms with Crippen molar-refractivity contribution in [3.63, 3.8) is 0 Å². The standard InChI is InChI=1S/C10H21NO3S/c1-14-10-5-3-9(4-6-10)11-7-8-15(2,12)13/h9-11H,3-8H2,1-2H3. The minimum Gasteiger partial charge on any atom is -0.381 e. The van der Waals surface area contributed by atoms with Crippen LogP contribution in [0.15, 0.2) is 0 Å². The van der Waals surface area contributed by atoms with Gasteiger partial charge in [0.2, 0.25) is 0 Å². The number of sulfone groups is 1. The van der Waals surface area contributed by atoms with E-state index in [1.807, 2.05) is 0 Å². The molecule has 4 nitrogen and oxygen atoms in total. The van der Waals surface area contributed by atoms with Crippen LogP contribution < -0.4 is 5.32 Å². The minimum absolute atomic E-state index is 0.233. The van der Waals surface area contributed by atoms with Gasteiger partial charge in [-0.15, -0.1) is 0 Å². The van der Waals surface area contributed by atoms with Crippen LogP contribution in [0.5, 0.6) is 0 Å². The zero-order valence-electron chi connectivity index (χ0n) is 9.53. The Labute approximate surface area is 92.3 Å². The molecule has 1 N–H and O–H groups in total. The van der Waals surface area contributed by atoms with E-state index in [9.17, 15) is 8.42 Å². The van der Waals surface area contributed by atoms with Crippen LogP contribution in [-0.4, -0.2) is 46.2 Å². The third kappa shape index (κ3) is 5.49. The summed E-state index contributed by atoms with van der Waals surface area (Å²) in [5, 5.41) is 3.29. The Kier molecular flexibility index (Phi) is 5.02. The number of rotatable bonds is 5. The van der Waals surface area contributed by atoms with Crippen molar-refractivity contribution in [3.05, 3.63) is 0 Å². The van der Waals surface area contributed by atoms with E-state index in [0.29, 0.717) is 18.7 Å². The van der Waals surface area contributed by atoms with Crippen molar-refractivity contribution in [1.29, 1.82) is 0 Å². The van der Waals surface area contributed by atoms with Crippen molar-refractivity contribution < 1.29 is 13.2 Å². The number of hydrogen-bond acceptors (Lipinski definition) is 4. The average Bonchev–Trinajstić information content (AvgIpc) is 2.17. The third-order valence-electron chi connectivity index (χ3n) is 2.91. The molecule has 0 heterocycles. The summed E-state index contributed by atoms with van der Waals surface area (Å²) in [5.74, 6) is 0.233. The third-order valence-corrected chi connectivity index (χ3v) is 3.86. The van der Waals surface area contributed by atoms with Crippen molar-refractivity contribution in [2.75, 3.05) is 25.7 Å².